The van der Waals surface area contributed by atoms with Gasteiger partial charge in [-0.1, -0.05) is 17.7 Å². The van der Waals surface area contributed by atoms with Crippen molar-refractivity contribution in [3.63, 3.8) is 0 Å². The fraction of sp³-hybridized carbons (Fsp3) is 0.222. The summed E-state index contributed by atoms with van der Waals surface area (Å²) in [5.74, 6) is -1.26. The monoisotopic (exact) mass is 293 g/mol. The van der Waals surface area contributed by atoms with Gasteiger partial charge in [0.05, 0.1) is 5.02 Å². The molecule has 0 aliphatic carbocycles. The standard InChI is InChI=1S/C9H9BrClNO3/c10-5-2-1-4(3-6(5)11)8(13)7(12)9(14)15/h1-3,7-8,13H,12H2,(H,14,15). The molecule has 1 aromatic rings. The number of carboxylic acid groups (broad SMARTS) is 1. The second kappa shape index (κ2) is 4.94. The van der Waals surface area contributed by atoms with Crippen LogP contribution in [0.25, 0.3) is 0 Å². The number of hydrogen-bond donors (Lipinski definition) is 3. The lowest BCUT2D eigenvalue weighted by molar-refractivity contribution is -0.141. The van der Waals surface area contributed by atoms with Crippen molar-refractivity contribution in [3.8, 4) is 0 Å². The second-order valence-electron chi connectivity index (χ2n) is 2.98. The van der Waals surface area contributed by atoms with Crippen LogP contribution in [0.3, 0.4) is 0 Å². The maximum atomic E-state index is 10.5. The van der Waals surface area contributed by atoms with Crippen LogP contribution < -0.4 is 5.73 Å². The summed E-state index contributed by atoms with van der Waals surface area (Å²) in [5, 5.41) is 18.6. The number of benzene rings is 1. The Morgan fingerprint density at radius 1 is 1.53 bits per heavy atom. The highest BCUT2D eigenvalue weighted by Crippen LogP contribution is 2.26. The number of nitrogens with two attached hydrogens (primary N) is 1. The van der Waals surface area contributed by atoms with Gasteiger partial charge in [0.15, 0.2) is 0 Å². The van der Waals surface area contributed by atoms with Crippen LogP contribution in [-0.2, 0) is 4.79 Å². The minimum Gasteiger partial charge on any atom is -0.480 e. The van der Waals surface area contributed by atoms with Gasteiger partial charge in [-0.05, 0) is 33.6 Å². The molecule has 0 bridgehead atoms. The number of hydrogen-bond acceptors (Lipinski definition) is 3. The van der Waals surface area contributed by atoms with Crippen LogP contribution in [0.2, 0.25) is 5.02 Å². The van der Waals surface area contributed by atoms with E-state index in [0.717, 1.165) is 0 Å². The molecule has 15 heavy (non-hydrogen) atoms. The van der Waals surface area contributed by atoms with Crippen LogP contribution in [0.5, 0.6) is 0 Å². The van der Waals surface area contributed by atoms with Crippen molar-refractivity contribution in [2.24, 2.45) is 5.73 Å². The number of aliphatic carboxylic acids is 1. The molecule has 0 fully saturated rings. The molecule has 4 N–H and O–H groups in total. The minimum absolute atomic E-state index is 0.373. The number of rotatable bonds is 3. The van der Waals surface area contributed by atoms with Gasteiger partial charge in [-0.15, -0.1) is 0 Å². The minimum atomic E-state index is -1.36. The van der Waals surface area contributed by atoms with E-state index >= 15 is 0 Å². The highest BCUT2D eigenvalue weighted by atomic mass is 79.9. The van der Waals surface area contributed by atoms with Gasteiger partial charge >= 0.3 is 5.97 Å². The van der Waals surface area contributed by atoms with Crippen molar-refractivity contribution in [3.05, 3.63) is 33.3 Å². The summed E-state index contributed by atoms with van der Waals surface area (Å²) in [5.41, 5.74) is 5.65. The van der Waals surface area contributed by atoms with E-state index in [0.29, 0.717) is 15.1 Å². The summed E-state index contributed by atoms with van der Waals surface area (Å²) >= 11 is 8.98. The predicted molar refractivity (Wildman–Crippen MR) is 59.7 cm³/mol. The maximum Gasteiger partial charge on any atom is 0.323 e. The topological polar surface area (TPSA) is 83.6 Å². The molecule has 1 aromatic carbocycles. The largest absolute Gasteiger partial charge is 0.480 e. The SMILES string of the molecule is NC(C(=O)O)C(O)c1ccc(Br)c(Cl)c1. The Labute approximate surface area is 99.8 Å². The van der Waals surface area contributed by atoms with E-state index in [9.17, 15) is 9.90 Å². The van der Waals surface area contributed by atoms with Gasteiger partial charge in [-0.2, -0.15) is 0 Å². The predicted octanol–water partition coefficient (Wildman–Crippen LogP) is 1.55. The first-order valence-corrected chi connectivity index (χ1v) is 5.22. The van der Waals surface area contributed by atoms with E-state index in [4.69, 9.17) is 22.4 Å². The van der Waals surface area contributed by atoms with E-state index in [2.05, 4.69) is 15.9 Å². The molecule has 0 saturated heterocycles. The van der Waals surface area contributed by atoms with Crippen LogP contribution in [-0.4, -0.2) is 22.2 Å². The van der Waals surface area contributed by atoms with E-state index in [1.54, 1.807) is 12.1 Å². The van der Waals surface area contributed by atoms with Gasteiger partial charge in [0, 0.05) is 4.47 Å². The van der Waals surface area contributed by atoms with Crippen molar-refractivity contribution in [1.29, 1.82) is 0 Å². The third-order valence-corrected chi connectivity index (χ3v) is 3.14. The summed E-state index contributed by atoms with van der Waals surface area (Å²) < 4.78 is 0.670. The molecule has 0 heterocycles. The third kappa shape index (κ3) is 2.92. The molecular formula is C9H9BrClNO3. The van der Waals surface area contributed by atoms with Crippen molar-refractivity contribution >= 4 is 33.5 Å². The quantitative estimate of drug-likeness (QED) is 0.790. The molecule has 4 nitrogen and oxygen atoms in total. The smallest absolute Gasteiger partial charge is 0.323 e. The van der Waals surface area contributed by atoms with Crippen molar-refractivity contribution < 1.29 is 15.0 Å². The number of aliphatic hydroxyl groups is 1. The molecule has 0 spiro atoms. The van der Waals surface area contributed by atoms with Crippen LogP contribution >= 0.6 is 27.5 Å². The van der Waals surface area contributed by atoms with Crippen molar-refractivity contribution in [2.45, 2.75) is 12.1 Å². The summed E-state index contributed by atoms with van der Waals surface area (Å²) in [4.78, 5) is 10.5. The van der Waals surface area contributed by atoms with E-state index in [1.165, 1.54) is 6.07 Å². The fourth-order valence-electron chi connectivity index (χ4n) is 1.04. The lowest BCUT2D eigenvalue weighted by Gasteiger charge is -2.15. The zero-order valence-electron chi connectivity index (χ0n) is 7.52. The molecule has 0 radical (unpaired) electrons. The highest BCUT2D eigenvalue weighted by Gasteiger charge is 2.23. The second-order valence-corrected chi connectivity index (χ2v) is 4.24. The Morgan fingerprint density at radius 3 is 2.60 bits per heavy atom. The number of aliphatic hydroxyl groups excluding tert-OH is 1. The first-order chi connectivity index (χ1) is 6.93. The van der Waals surface area contributed by atoms with Crippen LogP contribution in [0, 0.1) is 0 Å². The zero-order chi connectivity index (χ0) is 11.6. The molecule has 6 heteroatoms. The summed E-state index contributed by atoms with van der Waals surface area (Å²) in [6, 6.07) is 3.29. The molecule has 0 amide bonds. The molecule has 0 aliphatic rings. The van der Waals surface area contributed by atoms with E-state index in [-0.39, 0.29) is 0 Å². The van der Waals surface area contributed by atoms with Gasteiger partial charge in [-0.3, -0.25) is 4.79 Å². The van der Waals surface area contributed by atoms with E-state index in [1.807, 2.05) is 0 Å². The van der Waals surface area contributed by atoms with Gasteiger partial charge < -0.3 is 15.9 Å². The third-order valence-electron chi connectivity index (χ3n) is 1.91. The zero-order valence-corrected chi connectivity index (χ0v) is 9.86. The lowest BCUT2D eigenvalue weighted by Crippen LogP contribution is -2.36. The molecule has 2 atom stereocenters. The first-order valence-electron chi connectivity index (χ1n) is 4.05. The Kier molecular flexibility index (Phi) is 4.10. The Morgan fingerprint density at radius 2 is 2.13 bits per heavy atom. The average molecular weight is 295 g/mol. The van der Waals surface area contributed by atoms with Gasteiger partial charge in [-0.25, -0.2) is 0 Å². The fourth-order valence-corrected chi connectivity index (χ4v) is 1.47. The maximum absolute atomic E-state index is 10.5. The Balaban J connectivity index is 2.96. The first kappa shape index (κ1) is 12.4. The number of carboxylic acids is 1. The van der Waals surface area contributed by atoms with Gasteiger partial charge in [0.2, 0.25) is 0 Å². The summed E-state index contributed by atoms with van der Waals surface area (Å²) in [6.07, 6.45) is -1.27. The van der Waals surface area contributed by atoms with Crippen molar-refractivity contribution in [2.75, 3.05) is 0 Å². The molecule has 0 aliphatic heterocycles. The molecule has 82 valence electrons. The Bertz CT molecular complexity index is 386. The van der Waals surface area contributed by atoms with Gasteiger partial charge in [0.1, 0.15) is 12.1 Å². The molecule has 0 aromatic heterocycles. The lowest BCUT2D eigenvalue weighted by atomic mass is 10.0. The average Bonchev–Trinajstić information content (AvgIpc) is 2.19. The molecule has 0 saturated carbocycles. The van der Waals surface area contributed by atoms with Gasteiger partial charge in [0.25, 0.3) is 0 Å². The number of halogens is 2. The normalized spacial score (nSPS) is 14.7. The summed E-state index contributed by atoms with van der Waals surface area (Å²) in [6.45, 7) is 0. The van der Waals surface area contributed by atoms with Crippen molar-refractivity contribution in [1.82, 2.24) is 0 Å². The van der Waals surface area contributed by atoms with Crippen LogP contribution in [0.4, 0.5) is 0 Å². The van der Waals surface area contributed by atoms with Crippen LogP contribution in [0.1, 0.15) is 11.7 Å². The molecule has 1 rings (SSSR count). The molecule has 2 unspecified atom stereocenters. The summed E-state index contributed by atoms with van der Waals surface area (Å²) in [7, 11) is 0. The number of carbonyl (C=O) groups is 1. The molecular weight excluding hydrogens is 285 g/mol. The highest BCUT2D eigenvalue weighted by molar-refractivity contribution is 9.10. The Hall–Kier alpha value is -0.620. The van der Waals surface area contributed by atoms with Crippen LogP contribution in [0.15, 0.2) is 22.7 Å². The van der Waals surface area contributed by atoms with E-state index < -0.39 is 18.1 Å².